The minimum Gasteiger partial charge on any atom is -0.456 e. The molecule has 2 atom stereocenters. The van der Waals surface area contributed by atoms with E-state index in [2.05, 4.69) is 15.4 Å². The molecule has 172 valence electrons. The predicted molar refractivity (Wildman–Crippen MR) is 119 cm³/mol. The summed E-state index contributed by atoms with van der Waals surface area (Å²) in [5.74, 6) is -1.70. The largest absolute Gasteiger partial charge is 0.456 e. The van der Waals surface area contributed by atoms with E-state index in [1.165, 1.54) is 6.92 Å². The first-order chi connectivity index (χ1) is 15.2. The van der Waals surface area contributed by atoms with Gasteiger partial charge in [0.25, 0.3) is 11.8 Å². The van der Waals surface area contributed by atoms with Gasteiger partial charge in [0.2, 0.25) is 0 Å². The summed E-state index contributed by atoms with van der Waals surface area (Å²) in [4.78, 5) is 32.5. The topological polar surface area (TPSA) is 105 Å². The van der Waals surface area contributed by atoms with Crippen LogP contribution in [0.3, 0.4) is 0 Å². The number of amides is 2. The van der Waals surface area contributed by atoms with Crippen molar-refractivity contribution in [3.8, 4) is 11.1 Å². The van der Waals surface area contributed by atoms with Gasteiger partial charge >= 0.3 is 5.97 Å². The van der Waals surface area contributed by atoms with Crippen molar-refractivity contribution in [1.29, 1.82) is 0 Å². The van der Waals surface area contributed by atoms with E-state index in [0.717, 1.165) is 16.7 Å². The number of rotatable bonds is 10. The van der Waals surface area contributed by atoms with Crippen LogP contribution in [0.15, 0.2) is 48.5 Å². The van der Waals surface area contributed by atoms with Gasteiger partial charge in [-0.2, -0.15) is 0 Å². The van der Waals surface area contributed by atoms with E-state index >= 15 is 0 Å². The second-order valence-corrected chi connectivity index (χ2v) is 7.99. The molecule has 0 aromatic heterocycles. The Hall–Kier alpha value is -2.68. The predicted octanol–water partition coefficient (Wildman–Crippen LogP) is 2.82. The van der Waals surface area contributed by atoms with Crippen molar-refractivity contribution in [2.24, 2.45) is 0 Å². The third-order valence-corrected chi connectivity index (χ3v) is 4.91. The molecule has 0 spiro atoms. The van der Waals surface area contributed by atoms with Crippen LogP contribution in [0.2, 0.25) is 0 Å². The van der Waals surface area contributed by atoms with E-state index in [9.17, 15) is 23.9 Å². The van der Waals surface area contributed by atoms with E-state index in [1.54, 1.807) is 24.3 Å². The molecule has 32 heavy (non-hydrogen) atoms. The van der Waals surface area contributed by atoms with Gasteiger partial charge in [0.1, 0.15) is 12.8 Å². The number of aliphatic hydroxyl groups excluding tert-OH is 1. The Morgan fingerprint density at radius 3 is 2.09 bits per heavy atom. The number of nitrogens with one attached hydrogen (secondary N) is 2. The Morgan fingerprint density at radius 2 is 1.59 bits per heavy atom. The van der Waals surface area contributed by atoms with Gasteiger partial charge in [-0.15, -0.1) is 0 Å². The highest BCUT2D eigenvalue weighted by molar-refractivity contribution is 6.53. The Labute approximate surface area is 194 Å². The summed E-state index contributed by atoms with van der Waals surface area (Å²) in [7, 11) is 0. The molecular weight excluding hydrogens is 462 g/mol. The van der Waals surface area contributed by atoms with Crippen LogP contribution in [0.5, 0.6) is 0 Å². The van der Waals surface area contributed by atoms with Crippen LogP contribution in [0.25, 0.3) is 11.1 Å². The van der Waals surface area contributed by atoms with Gasteiger partial charge in [-0.3, -0.25) is 14.4 Å². The normalized spacial score (nSPS) is 12.7. The van der Waals surface area contributed by atoms with Crippen LogP contribution in [-0.2, 0) is 25.7 Å². The number of alkyl halides is 3. The van der Waals surface area contributed by atoms with Gasteiger partial charge in [-0.1, -0.05) is 71.7 Å². The van der Waals surface area contributed by atoms with Crippen LogP contribution in [0, 0.1) is 0 Å². The minimum absolute atomic E-state index is 0.285. The van der Waals surface area contributed by atoms with E-state index in [4.69, 9.17) is 23.2 Å². The molecule has 0 aliphatic rings. The van der Waals surface area contributed by atoms with Crippen LogP contribution >= 0.6 is 23.2 Å². The van der Waals surface area contributed by atoms with E-state index < -0.39 is 41.4 Å². The number of esters is 1. The van der Waals surface area contributed by atoms with E-state index in [0.29, 0.717) is 5.56 Å². The zero-order valence-electron chi connectivity index (χ0n) is 17.2. The van der Waals surface area contributed by atoms with Gasteiger partial charge in [0.15, 0.2) is 11.4 Å². The summed E-state index contributed by atoms with van der Waals surface area (Å²) < 4.78 is 17.9. The molecule has 2 unspecified atom stereocenters. The fraction of sp³-hybridized carbons (Fsp3) is 0.318. The molecule has 2 aromatic rings. The number of hydrogen-bond acceptors (Lipinski definition) is 5. The fourth-order valence-electron chi connectivity index (χ4n) is 2.79. The van der Waals surface area contributed by atoms with Crippen LogP contribution in [0.4, 0.5) is 4.39 Å². The molecule has 10 heteroatoms. The first-order valence-electron chi connectivity index (χ1n) is 9.63. The van der Waals surface area contributed by atoms with Gasteiger partial charge < -0.3 is 20.5 Å². The van der Waals surface area contributed by atoms with E-state index in [1.807, 2.05) is 24.3 Å². The number of halogens is 3. The average molecular weight is 485 g/mol. The summed E-state index contributed by atoms with van der Waals surface area (Å²) in [5.41, 5.74) is 3.03. The van der Waals surface area contributed by atoms with Crippen molar-refractivity contribution < 1.29 is 28.6 Å². The standard InChI is InChI=1S/C22H23Cl2FN2O5/c1-13(28)32-12-19(29)26-11-14-2-4-15(5-3-14)16-6-8-17(9-7-16)20(30)18(10-25)27-22(31)21(23)24/h2-9,18,20-21,30H,10-12H2,1H3,(H,26,29)(H,27,31). The summed E-state index contributed by atoms with van der Waals surface area (Å²) in [6, 6.07) is 13.0. The van der Waals surface area contributed by atoms with Crippen molar-refractivity contribution >= 4 is 41.0 Å². The minimum atomic E-state index is -1.36. The van der Waals surface area contributed by atoms with Crippen LogP contribution in [0.1, 0.15) is 24.2 Å². The Kier molecular flexibility index (Phi) is 9.90. The Balaban J connectivity index is 1.98. The molecule has 3 N–H and O–H groups in total. The molecule has 2 amide bonds. The zero-order chi connectivity index (χ0) is 23.7. The van der Waals surface area contributed by atoms with Crippen molar-refractivity contribution in [2.75, 3.05) is 13.3 Å². The first-order valence-corrected chi connectivity index (χ1v) is 10.5. The number of benzene rings is 2. The lowest BCUT2D eigenvalue weighted by Crippen LogP contribution is -2.43. The second kappa shape index (κ2) is 12.4. The Morgan fingerprint density at radius 1 is 1.03 bits per heavy atom. The van der Waals surface area contributed by atoms with Crippen molar-refractivity contribution in [1.82, 2.24) is 10.6 Å². The van der Waals surface area contributed by atoms with Gasteiger partial charge in [-0.05, 0) is 22.3 Å². The molecule has 2 aromatic carbocycles. The summed E-state index contributed by atoms with van der Waals surface area (Å²) >= 11 is 10.9. The SMILES string of the molecule is CC(=O)OCC(=O)NCc1ccc(-c2ccc(C(O)C(CF)NC(=O)C(Cl)Cl)cc2)cc1. The number of carbonyl (C=O) groups is 3. The van der Waals surface area contributed by atoms with Gasteiger partial charge in [-0.25, -0.2) is 4.39 Å². The highest BCUT2D eigenvalue weighted by Gasteiger charge is 2.25. The monoisotopic (exact) mass is 484 g/mol. The molecule has 0 radical (unpaired) electrons. The lowest BCUT2D eigenvalue weighted by atomic mass is 9.98. The van der Waals surface area contributed by atoms with Crippen molar-refractivity contribution in [2.45, 2.75) is 30.5 Å². The molecule has 7 nitrogen and oxygen atoms in total. The maximum atomic E-state index is 13.3. The third kappa shape index (κ3) is 7.78. The molecule has 0 saturated heterocycles. The zero-order valence-corrected chi connectivity index (χ0v) is 18.7. The Bertz CT molecular complexity index is 923. The average Bonchev–Trinajstić information content (AvgIpc) is 2.79. The number of aliphatic hydroxyl groups is 1. The van der Waals surface area contributed by atoms with Crippen LogP contribution < -0.4 is 10.6 Å². The van der Waals surface area contributed by atoms with E-state index in [-0.39, 0.29) is 13.2 Å². The summed E-state index contributed by atoms with van der Waals surface area (Å²) in [5, 5.41) is 15.3. The van der Waals surface area contributed by atoms with Crippen LogP contribution in [-0.4, -0.2) is 47.0 Å². The molecule has 0 aliphatic heterocycles. The second-order valence-electron chi connectivity index (χ2n) is 6.89. The maximum Gasteiger partial charge on any atom is 0.303 e. The molecule has 0 saturated carbocycles. The van der Waals surface area contributed by atoms with Crippen molar-refractivity contribution in [3.05, 3.63) is 59.7 Å². The lowest BCUT2D eigenvalue weighted by molar-refractivity contribution is -0.146. The van der Waals surface area contributed by atoms with Crippen molar-refractivity contribution in [3.63, 3.8) is 0 Å². The molecule has 0 fully saturated rings. The molecular formula is C22H23Cl2FN2O5. The highest BCUT2D eigenvalue weighted by atomic mass is 35.5. The summed E-state index contributed by atoms with van der Waals surface area (Å²) in [6.45, 7) is 0.200. The van der Waals surface area contributed by atoms with Gasteiger partial charge in [0.05, 0.1) is 6.04 Å². The molecule has 0 heterocycles. The molecule has 0 bridgehead atoms. The smallest absolute Gasteiger partial charge is 0.303 e. The number of hydrogen-bond donors (Lipinski definition) is 3. The maximum absolute atomic E-state index is 13.3. The number of ether oxygens (including phenoxy) is 1. The highest BCUT2D eigenvalue weighted by Crippen LogP contribution is 2.24. The fourth-order valence-corrected chi connectivity index (χ4v) is 2.91. The quantitative estimate of drug-likeness (QED) is 0.355. The molecule has 2 rings (SSSR count). The number of carbonyl (C=O) groups excluding carboxylic acids is 3. The lowest BCUT2D eigenvalue weighted by Gasteiger charge is -2.22. The summed E-state index contributed by atoms with van der Waals surface area (Å²) in [6.07, 6.45) is -1.27. The molecule has 0 aliphatic carbocycles. The first kappa shape index (κ1) is 25.6. The van der Waals surface area contributed by atoms with Gasteiger partial charge in [0, 0.05) is 13.5 Å². The third-order valence-electron chi connectivity index (χ3n) is 4.51.